The van der Waals surface area contributed by atoms with Gasteiger partial charge in [-0.05, 0) is 25.2 Å². The van der Waals surface area contributed by atoms with Gasteiger partial charge >= 0.3 is 5.00 Å². The summed E-state index contributed by atoms with van der Waals surface area (Å²) in [6.45, 7) is 4.01. The van der Waals surface area contributed by atoms with Crippen molar-refractivity contribution in [2.24, 2.45) is 0 Å². The SMILES string of the molecule is CC(C)N(C)c1ncc([N+](=O)[O-])s1. The molecule has 0 aromatic carbocycles. The molecule has 72 valence electrons. The molecule has 0 bridgehead atoms. The minimum atomic E-state index is -0.421. The van der Waals surface area contributed by atoms with Gasteiger partial charge in [0.15, 0.2) is 5.13 Å². The van der Waals surface area contributed by atoms with Gasteiger partial charge in [0.2, 0.25) is 0 Å². The smallest absolute Gasteiger partial charge is 0.345 e. The Labute approximate surface area is 80.2 Å². The first kappa shape index (κ1) is 9.91. The maximum atomic E-state index is 10.4. The molecule has 1 aromatic heterocycles. The van der Waals surface area contributed by atoms with Crippen molar-refractivity contribution in [2.45, 2.75) is 19.9 Å². The van der Waals surface area contributed by atoms with Crippen LogP contribution < -0.4 is 4.90 Å². The minimum absolute atomic E-state index is 0.0856. The van der Waals surface area contributed by atoms with Gasteiger partial charge in [0.25, 0.3) is 0 Å². The summed E-state index contributed by atoms with van der Waals surface area (Å²) in [5.74, 6) is 0. The van der Waals surface area contributed by atoms with Crippen LogP contribution >= 0.6 is 11.3 Å². The van der Waals surface area contributed by atoms with Gasteiger partial charge in [-0.15, -0.1) is 0 Å². The van der Waals surface area contributed by atoms with E-state index in [-0.39, 0.29) is 5.00 Å². The molecule has 0 saturated heterocycles. The van der Waals surface area contributed by atoms with Gasteiger partial charge in [-0.3, -0.25) is 10.1 Å². The van der Waals surface area contributed by atoms with Gasteiger partial charge in [-0.2, -0.15) is 0 Å². The summed E-state index contributed by atoms with van der Waals surface area (Å²) >= 11 is 1.09. The first-order valence-corrected chi connectivity index (χ1v) is 4.67. The van der Waals surface area contributed by atoms with Gasteiger partial charge in [-0.1, -0.05) is 0 Å². The molecular weight excluding hydrogens is 190 g/mol. The third-order valence-corrected chi connectivity index (χ3v) is 2.78. The second kappa shape index (κ2) is 3.69. The van der Waals surface area contributed by atoms with Crippen LogP contribution in [0, 0.1) is 10.1 Å². The average molecular weight is 201 g/mol. The summed E-state index contributed by atoms with van der Waals surface area (Å²) in [6, 6.07) is 0.297. The van der Waals surface area contributed by atoms with E-state index in [4.69, 9.17) is 0 Å². The Balaban J connectivity index is 2.85. The normalized spacial score (nSPS) is 10.5. The van der Waals surface area contributed by atoms with Gasteiger partial charge < -0.3 is 4.90 Å². The summed E-state index contributed by atoms with van der Waals surface area (Å²) in [4.78, 5) is 15.8. The molecule has 13 heavy (non-hydrogen) atoms. The largest absolute Gasteiger partial charge is 0.349 e. The Morgan fingerprint density at radius 3 is 2.69 bits per heavy atom. The van der Waals surface area contributed by atoms with E-state index in [1.807, 2.05) is 25.8 Å². The third-order valence-electron chi connectivity index (χ3n) is 1.74. The number of hydrogen-bond acceptors (Lipinski definition) is 5. The number of nitro groups is 1. The third kappa shape index (κ3) is 2.15. The van der Waals surface area contributed by atoms with Gasteiger partial charge in [0.05, 0.1) is 4.92 Å². The fraction of sp³-hybridized carbons (Fsp3) is 0.571. The lowest BCUT2D eigenvalue weighted by Crippen LogP contribution is -2.25. The zero-order chi connectivity index (χ0) is 10.0. The van der Waals surface area contributed by atoms with E-state index in [2.05, 4.69) is 4.98 Å². The highest BCUT2D eigenvalue weighted by Crippen LogP contribution is 2.28. The lowest BCUT2D eigenvalue weighted by atomic mass is 10.4. The molecule has 0 fully saturated rings. The number of thiazole rings is 1. The molecule has 5 nitrogen and oxygen atoms in total. The highest BCUT2D eigenvalue weighted by Gasteiger charge is 2.15. The summed E-state index contributed by atoms with van der Waals surface area (Å²) in [5, 5.41) is 11.1. The fourth-order valence-electron chi connectivity index (χ4n) is 0.725. The van der Waals surface area contributed by atoms with Crippen molar-refractivity contribution in [2.75, 3.05) is 11.9 Å². The van der Waals surface area contributed by atoms with Gasteiger partial charge in [0.1, 0.15) is 6.20 Å². The molecule has 6 heteroatoms. The van der Waals surface area contributed by atoms with Crippen LogP contribution in [0.25, 0.3) is 0 Å². The van der Waals surface area contributed by atoms with Crippen LogP contribution in [0.1, 0.15) is 13.8 Å². The van der Waals surface area contributed by atoms with E-state index in [1.165, 1.54) is 6.20 Å². The van der Waals surface area contributed by atoms with E-state index >= 15 is 0 Å². The lowest BCUT2D eigenvalue weighted by Gasteiger charge is -2.19. The van der Waals surface area contributed by atoms with E-state index in [9.17, 15) is 10.1 Å². The van der Waals surface area contributed by atoms with Crippen LogP contribution in [0.15, 0.2) is 6.20 Å². The monoisotopic (exact) mass is 201 g/mol. The van der Waals surface area contributed by atoms with Crippen LogP contribution in [0.3, 0.4) is 0 Å². The molecule has 0 aliphatic carbocycles. The Morgan fingerprint density at radius 2 is 2.31 bits per heavy atom. The van der Waals surface area contributed by atoms with Crippen molar-refractivity contribution >= 4 is 21.5 Å². The van der Waals surface area contributed by atoms with Gasteiger partial charge in [-0.25, -0.2) is 4.98 Å². The molecule has 0 saturated carbocycles. The van der Waals surface area contributed by atoms with Crippen LogP contribution in [-0.2, 0) is 0 Å². The first-order chi connectivity index (χ1) is 6.02. The van der Waals surface area contributed by atoms with Crippen LogP contribution in [0.4, 0.5) is 10.1 Å². The molecule has 1 aromatic rings. The molecule has 1 rings (SSSR count). The zero-order valence-electron chi connectivity index (χ0n) is 7.72. The van der Waals surface area contributed by atoms with Crippen molar-refractivity contribution in [3.8, 4) is 0 Å². The van der Waals surface area contributed by atoms with Crippen LogP contribution in [0.5, 0.6) is 0 Å². The highest BCUT2D eigenvalue weighted by atomic mass is 32.1. The molecule has 0 aliphatic heterocycles. The summed E-state index contributed by atoms with van der Waals surface area (Å²) in [6.07, 6.45) is 1.29. The van der Waals surface area contributed by atoms with E-state index < -0.39 is 4.92 Å². The molecule has 1 heterocycles. The number of aromatic nitrogens is 1. The molecule has 0 N–H and O–H groups in total. The van der Waals surface area contributed by atoms with E-state index in [0.717, 1.165) is 11.3 Å². The Bertz CT molecular complexity index is 310. The average Bonchev–Trinajstić information content (AvgIpc) is 2.50. The predicted octanol–water partition coefficient (Wildman–Crippen LogP) is 1.90. The molecule has 0 radical (unpaired) electrons. The predicted molar refractivity (Wildman–Crippen MR) is 52.3 cm³/mol. The van der Waals surface area contributed by atoms with Gasteiger partial charge in [0, 0.05) is 13.1 Å². The summed E-state index contributed by atoms with van der Waals surface area (Å²) in [7, 11) is 1.87. The number of anilines is 1. The lowest BCUT2D eigenvalue weighted by molar-refractivity contribution is -0.380. The molecular formula is C7H11N3O2S. The first-order valence-electron chi connectivity index (χ1n) is 3.85. The Kier molecular flexibility index (Phi) is 2.82. The standard InChI is InChI=1S/C7H11N3O2S/c1-5(2)9(3)7-8-4-6(13-7)10(11)12/h4-5H,1-3H3. The quantitative estimate of drug-likeness (QED) is 0.553. The Morgan fingerprint density at radius 1 is 1.69 bits per heavy atom. The van der Waals surface area contributed by atoms with E-state index in [0.29, 0.717) is 11.2 Å². The second-order valence-electron chi connectivity index (χ2n) is 2.94. The maximum absolute atomic E-state index is 10.4. The molecule has 0 amide bonds. The Hall–Kier alpha value is -1.17. The van der Waals surface area contributed by atoms with Crippen molar-refractivity contribution < 1.29 is 4.92 Å². The molecule has 0 aliphatic rings. The topological polar surface area (TPSA) is 59.3 Å². The van der Waals surface area contributed by atoms with Crippen molar-refractivity contribution in [1.82, 2.24) is 4.98 Å². The molecule has 0 spiro atoms. The van der Waals surface area contributed by atoms with Crippen molar-refractivity contribution in [3.05, 3.63) is 16.3 Å². The van der Waals surface area contributed by atoms with Crippen LogP contribution in [0.2, 0.25) is 0 Å². The zero-order valence-corrected chi connectivity index (χ0v) is 8.54. The fourth-order valence-corrected chi connectivity index (χ4v) is 1.55. The van der Waals surface area contributed by atoms with Crippen molar-refractivity contribution in [1.29, 1.82) is 0 Å². The summed E-state index contributed by atoms with van der Waals surface area (Å²) < 4.78 is 0. The molecule has 0 atom stereocenters. The van der Waals surface area contributed by atoms with E-state index in [1.54, 1.807) is 0 Å². The number of nitrogens with zero attached hydrogens (tertiary/aromatic N) is 3. The number of hydrogen-bond donors (Lipinski definition) is 0. The van der Waals surface area contributed by atoms with Crippen molar-refractivity contribution in [3.63, 3.8) is 0 Å². The van der Waals surface area contributed by atoms with Crippen LogP contribution in [-0.4, -0.2) is 23.0 Å². The number of rotatable bonds is 3. The highest BCUT2D eigenvalue weighted by molar-refractivity contribution is 7.18. The molecule has 0 unspecified atom stereocenters. The minimum Gasteiger partial charge on any atom is -0.349 e. The second-order valence-corrected chi connectivity index (χ2v) is 3.93. The maximum Gasteiger partial charge on any atom is 0.345 e. The summed E-state index contributed by atoms with van der Waals surface area (Å²) in [5.41, 5.74) is 0.